The highest BCUT2D eigenvalue weighted by Crippen LogP contribution is 2.13. The van der Waals surface area contributed by atoms with Gasteiger partial charge in [0.2, 0.25) is 0 Å². The quantitative estimate of drug-likeness (QED) is 0.908. The van der Waals surface area contributed by atoms with Gasteiger partial charge in [-0.3, -0.25) is 0 Å². The average molecular weight is 275 g/mol. The molecular weight excluding hydrogens is 258 g/mol. The standard InChI is InChI=1S/C13H17N5O2/c1-17(9-10-4-3-7-20-10)13(19)14-8-12-16-15-11-5-2-6-18(11)12/h3-4,7H,2,5-6,8-9H2,1H3,(H,14,19). The van der Waals surface area contributed by atoms with E-state index in [2.05, 4.69) is 20.1 Å². The molecule has 0 saturated heterocycles. The van der Waals surface area contributed by atoms with Crippen LogP contribution in [0.15, 0.2) is 22.8 Å². The van der Waals surface area contributed by atoms with Crippen LogP contribution in [0.1, 0.15) is 23.8 Å². The fourth-order valence-electron chi connectivity index (χ4n) is 2.34. The summed E-state index contributed by atoms with van der Waals surface area (Å²) in [4.78, 5) is 13.5. The molecule has 3 heterocycles. The molecule has 0 spiro atoms. The van der Waals surface area contributed by atoms with E-state index >= 15 is 0 Å². The van der Waals surface area contributed by atoms with Crippen molar-refractivity contribution in [1.29, 1.82) is 0 Å². The summed E-state index contributed by atoms with van der Waals surface area (Å²) >= 11 is 0. The van der Waals surface area contributed by atoms with Gasteiger partial charge in [0.1, 0.15) is 11.6 Å². The molecule has 1 aliphatic rings. The van der Waals surface area contributed by atoms with Gasteiger partial charge >= 0.3 is 6.03 Å². The Morgan fingerprint density at radius 3 is 3.25 bits per heavy atom. The molecule has 0 aromatic carbocycles. The van der Waals surface area contributed by atoms with E-state index in [9.17, 15) is 4.79 Å². The summed E-state index contributed by atoms with van der Waals surface area (Å²) in [7, 11) is 1.73. The summed E-state index contributed by atoms with van der Waals surface area (Å²) in [5.41, 5.74) is 0. The Kier molecular flexibility index (Phi) is 3.41. The number of hydrogen-bond donors (Lipinski definition) is 1. The minimum Gasteiger partial charge on any atom is -0.467 e. The zero-order valence-electron chi connectivity index (χ0n) is 11.4. The van der Waals surface area contributed by atoms with Gasteiger partial charge in [-0.05, 0) is 18.6 Å². The number of aromatic nitrogens is 3. The number of nitrogens with zero attached hydrogens (tertiary/aromatic N) is 4. The Morgan fingerprint density at radius 1 is 1.55 bits per heavy atom. The summed E-state index contributed by atoms with van der Waals surface area (Å²) in [6.07, 6.45) is 3.67. The predicted octanol–water partition coefficient (Wildman–Crippen LogP) is 1.16. The summed E-state index contributed by atoms with van der Waals surface area (Å²) < 4.78 is 7.29. The van der Waals surface area contributed by atoms with Crippen molar-refractivity contribution in [3.8, 4) is 0 Å². The number of rotatable bonds is 4. The third-order valence-electron chi connectivity index (χ3n) is 3.40. The Morgan fingerprint density at radius 2 is 2.45 bits per heavy atom. The maximum atomic E-state index is 12.0. The number of aryl methyl sites for hydroxylation is 1. The number of carbonyl (C=O) groups is 1. The normalized spacial score (nSPS) is 13.2. The SMILES string of the molecule is CN(Cc1ccco1)C(=O)NCc1nnc2n1CCC2. The second-order valence-electron chi connectivity index (χ2n) is 4.88. The van der Waals surface area contributed by atoms with Crippen LogP contribution in [0.4, 0.5) is 4.79 Å². The van der Waals surface area contributed by atoms with Crippen molar-refractivity contribution < 1.29 is 9.21 Å². The molecule has 0 radical (unpaired) electrons. The molecule has 3 rings (SSSR count). The lowest BCUT2D eigenvalue weighted by molar-refractivity contribution is 0.202. The topological polar surface area (TPSA) is 76.2 Å². The van der Waals surface area contributed by atoms with Crippen LogP contribution in [0.3, 0.4) is 0 Å². The molecule has 2 aromatic heterocycles. The first-order chi connectivity index (χ1) is 9.74. The van der Waals surface area contributed by atoms with Crippen molar-refractivity contribution in [3.05, 3.63) is 35.8 Å². The highest BCUT2D eigenvalue weighted by molar-refractivity contribution is 5.73. The number of amides is 2. The van der Waals surface area contributed by atoms with Gasteiger partial charge in [-0.2, -0.15) is 0 Å². The summed E-state index contributed by atoms with van der Waals surface area (Å²) in [6, 6.07) is 3.49. The van der Waals surface area contributed by atoms with Crippen molar-refractivity contribution in [2.24, 2.45) is 0 Å². The largest absolute Gasteiger partial charge is 0.467 e. The van der Waals surface area contributed by atoms with Gasteiger partial charge in [-0.15, -0.1) is 10.2 Å². The molecule has 106 valence electrons. The van der Waals surface area contributed by atoms with E-state index in [0.717, 1.165) is 36.8 Å². The molecule has 0 atom stereocenters. The Balaban J connectivity index is 1.53. The van der Waals surface area contributed by atoms with Crippen LogP contribution in [0.5, 0.6) is 0 Å². The van der Waals surface area contributed by atoms with Crippen molar-refractivity contribution >= 4 is 6.03 Å². The summed E-state index contributed by atoms with van der Waals surface area (Å²) in [5.74, 6) is 2.58. The average Bonchev–Trinajstić information content (AvgIpc) is 3.13. The van der Waals surface area contributed by atoms with Gasteiger partial charge in [0.15, 0.2) is 5.82 Å². The van der Waals surface area contributed by atoms with Gasteiger partial charge in [-0.25, -0.2) is 4.79 Å². The number of hydrogen-bond acceptors (Lipinski definition) is 4. The molecule has 1 N–H and O–H groups in total. The van der Waals surface area contributed by atoms with Crippen molar-refractivity contribution in [2.75, 3.05) is 7.05 Å². The van der Waals surface area contributed by atoms with Gasteiger partial charge in [0, 0.05) is 20.0 Å². The van der Waals surface area contributed by atoms with Crippen LogP contribution >= 0.6 is 0 Å². The van der Waals surface area contributed by atoms with Crippen molar-refractivity contribution in [1.82, 2.24) is 25.0 Å². The zero-order chi connectivity index (χ0) is 13.9. The van der Waals surface area contributed by atoms with Gasteiger partial charge in [0.25, 0.3) is 0 Å². The van der Waals surface area contributed by atoms with E-state index in [1.165, 1.54) is 0 Å². The molecule has 7 heteroatoms. The van der Waals surface area contributed by atoms with Crippen LogP contribution < -0.4 is 5.32 Å². The second-order valence-corrected chi connectivity index (χ2v) is 4.88. The molecule has 0 aliphatic carbocycles. The molecular formula is C13H17N5O2. The van der Waals surface area contributed by atoms with Crippen molar-refractivity contribution in [2.45, 2.75) is 32.5 Å². The second kappa shape index (κ2) is 5.36. The van der Waals surface area contributed by atoms with E-state index in [0.29, 0.717) is 13.1 Å². The first kappa shape index (κ1) is 12.7. The molecule has 7 nitrogen and oxygen atoms in total. The highest BCUT2D eigenvalue weighted by atomic mass is 16.3. The van der Waals surface area contributed by atoms with Crippen LogP contribution in [-0.2, 0) is 26.1 Å². The molecule has 2 aromatic rings. The Hall–Kier alpha value is -2.31. The molecule has 20 heavy (non-hydrogen) atoms. The van der Waals surface area contributed by atoms with E-state index in [-0.39, 0.29) is 6.03 Å². The third kappa shape index (κ3) is 2.52. The van der Waals surface area contributed by atoms with Crippen LogP contribution in [0.2, 0.25) is 0 Å². The van der Waals surface area contributed by atoms with Gasteiger partial charge < -0.3 is 19.2 Å². The van der Waals surface area contributed by atoms with E-state index in [1.54, 1.807) is 24.3 Å². The summed E-state index contributed by atoms with van der Waals surface area (Å²) in [5, 5.41) is 11.1. The smallest absolute Gasteiger partial charge is 0.317 e. The first-order valence-corrected chi connectivity index (χ1v) is 6.66. The van der Waals surface area contributed by atoms with E-state index in [4.69, 9.17) is 4.42 Å². The van der Waals surface area contributed by atoms with Crippen LogP contribution in [0, 0.1) is 0 Å². The van der Waals surface area contributed by atoms with E-state index in [1.807, 2.05) is 6.07 Å². The molecule has 0 unspecified atom stereocenters. The minimum absolute atomic E-state index is 0.156. The Bertz CT molecular complexity index is 590. The zero-order valence-corrected chi connectivity index (χ0v) is 11.4. The fraction of sp³-hybridized carbons (Fsp3) is 0.462. The summed E-state index contributed by atoms with van der Waals surface area (Å²) in [6.45, 7) is 1.78. The molecule has 0 bridgehead atoms. The van der Waals surface area contributed by atoms with Crippen LogP contribution in [0.25, 0.3) is 0 Å². The van der Waals surface area contributed by atoms with Gasteiger partial charge in [-0.1, -0.05) is 0 Å². The highest BCUT2D eigenvalue weighted by Gasteiger charge is 2.18. The number of furan rings is 1. The number of urea groups is 1. The number of fused-ring (bicyclic) bond motifs is 1. The lowest BCUT2D eigenvalue weighted by atomic mass is 10.4. The van der Waals surface area contributed by atoms with E-state index < -0.39 is 0 Å². The maximum absolute atomic E-state index is 12.0. The first-order valence-electron chi connectivity index (χ1n) is 6.66. The maximum Gasteiger partial charge on any atom is 0.317 e. The number of carbonyl (C=O) groups excluding carboxylic acids is 1. The van der Waals surface area contributed by atoms with Gasteiger partial charge in [0.05, 0.1) is 19.4 Å². The lowest BCUT2D eigenvalue weighted by Crippen LogP contribution is -2.36. The van der Waals surface area contributed by atoms with Crippen LogP contribution in [-0.4, -0.2) is 32.7 Å². The number of nitrogens with one attached hydrogen (secondary N) is 1. The third-order valence-corrected chi connectivity index (χ3v) is 3.40. The fourth-order valence-corrected chi connectivity index (χ4v) is 2.34. The monoisotopic (exact) mass is 275 g/mol. The predicted molar refractivity (Wildman–Crippen MR) is 70.8 cm³/mol. The van der Waals surface area contributed by atoms with Crippen molar-refractivity contribution in [3.63, 3.8) is 0 Å². The minimum atomic E-state index is -0.156. The lowest BCUT2D eigenvalue weighted by Gasteiger charge is -2.16. The Labute approximate surface area is 116 Å². The molecule has 1 aliphatic heterocycles. The molecule has 0 fully saturated rings. The molecule has 0 saturated carbocycles. The molecule has 2 amide bonds.